The van der Waals surface area contributed by atoms with Gasteiger partial charge in [0.2, 0.25) is 0 Å². The number of nitrogens with two attached hydrogens (primary N) is 1. The maximum Gasteiger partial charge on any atom is 0.305 e. The van der Waals surface area contributed by atoms with Crippen molar-refractivity contribution >= 4 is 11.9 Å². The largest absolute Gasteiger partial charge is 0.481 e. The number of nitrogens with zero attached hydrogens (tertiary/aromatic N) is 2. The first-order chi connectivity index (χ1) is 9.11. The topological polar surface area (TPSA) is 96.5 Å². The first-order valence-electron chi connectivity index (χ1n) is 6.29. The van der Waals surface area contributed by atoms with E-state index in [1.165, 1.54) is 0 Å². The monoisotopic (exact) mass is 263 g/mol. The molecule has 1 aliphatic rings. The van der Waals surface area contributed by atoms with Gasteiger partial charge in [-0.05, 0) is 25.0 Å². The van der Waals surface area contributed by atoms with Crippen LogP contribution in [0, 0.1) is 0 Å². The van der Waals surface area contributed by atoms with Gasteiger partial charge in [0.15, 0.2) is 0 Å². The summed E-state index contributed by atoms with van der Waals surface area (Å²) in [6.45, 7) is 0.527. The van der Waals surface area contributed by atoms with E-state index in [0.29, 0.717) is 11.3 Å². The second-order valence-corrected chi connectivity index (χ2v) is 4.61. The summed E-state index contributed by atoms with van der Waals surface area (Å²) in [4.78, 5) is 28.7. The van der Waals surface area contributed by atoms with Gasteiger partial charge in [0.25, 0.3) is 5.91 Å². The van der Waals surface area contributed by atoms with Crippen molar-refractivity contribution < 1.29 is 14.7 Å². The molecule has 0 unspecified atom stereocenters. The van der Waals surface area contributed by atoms with Crippen molar-refractivity contribution in [3.63, 3.8) is 0 Å². The molecule has 6 nitrogen and oxygen atoms in total. The Morgan fingerprint density at radius 1 is 1.47 bits per heavy atom. The van der Waals surface area contributed by atoms with Crippen LogP contribution in [0.5, 0.6) is 0 Å². The molecule has 6 heteroatoms. The Balaban J connectivity index is 2.11. The van der Waals surface area contributed by atoms with Crippen LogP contribution in [0.25, 0.3) is 0 Å². The van der Waals surface area contributed by atoms with E-state index in [1.54, 1.807) is 23.2 Å². The fourth-order valence-electron chi connectivity index (χ4n) is 1.94. The minimum Gasteiger partial charge on any atom is -0.481 e. The number of aromatic nitrogens is 1. The Morgan fingerprint density at radius 2 is 2.21 bits per heavy atom. The van der Waals surface area contributed by atoms with Gasteiger partial charge in [0.1, 0.15) is 0 Å². The zero-order valence-corrected chi connectivity index (χ0v) is 10.6. The predicted molar refractivity (Wildman–Crippen MR) is 68.4 cm³/mol. The van der Waals surface area contributed by atoms with Gasteiger partial charge in [0.05, 0.1) is 12.1 Å². The lowest BCUT2D eigenvalue weighted by Gasteiger charge is -2.21. The van der Waals surface area contributed by atoms with Crippen molar-refractivity contribution in [3.8, 4) is 0 Å². The number of carboxylic acids is 1. The molecule has 0 aromatic carbocycles. The van der Waals surface area contributed by atoms with Gasteiger partial charge in [0, 0.05) is 30.9 Å². The van der Waals surface area contributed by atoms with Crippen LogP contribution in [-0.4, -0.2) is 39.5 Å². The van der Waals surface area contributed by atoms with E-state index in [-0.39, 0.29) is 31.5 Å². The van der Waals surface area contributed by atoms with Gasteiger partial charge in [-0.15, -0.1) is 0 Å². The van der Waals surface area contributed by atoms with Crippen molar-refractivity contribution in [2.75, 3.05) is 6.54 Å². The Morgan fingerprint density at radius 3 is 2.79 bits per heavy atom. The van der Waals surface area contributed by atoms with Gasteiger partial charge >= 0.3 is 5.97 Å². The zero-order valence-electron chi connectivity index (χ0n) is 10.6. The van der Waals surface area contributed by atoms with Crippen LogP contribution >= 0.6 is 0 Å². The molecule has 0 atom stereocenters. The highest BCUT2D eigenvalue weighted by molar-refractivity contribution is 5.94. The molecule has 0 saturated heterocycles. The molecule has 19 heavy (non-hydrogen) atoms. The molecule has 1 aromatic rings. The van der Waals surface area contributed by atoms with E-state index >= 15 is 0 Å². The minimum atomic E-state index is -0.893. The number of rotatable bonds is 6. The van der Waals surface area contributed by atoms with Crippen molar-refractivity contribution in [1.29, 1.82) is 0 Å². The van der Waals surface area contributed by atoms with Crippen LogP contribution in [0.15, 0.2) is 18.3 Å². The van der Waals surface area contributed by atoms with Crippen LogP contribution in [-0.2, 0) is 11.3 Å². The molecule has 0 radical (unpaired) electrons. The van der Waals surface area contributed by atoms with Crippen molar-refractivity contribution in [3.05, 3.63) is 29.6 Å². The third kappa shape index (κ3) is 3.51. The third-order valence-corrected chi connectivity index (χ3v) is 3.09. The highest BCUT2D eigenvalue weighted by atomic mass is 16.4. The lowest BCUT2D eigenvalue weighted by Crippen LogP contribution is -2.35. The number of aliphatic carboxylic acids is 1. The molecule has 1 amide bonds. The van der Waals surface area contributed by atoms with Gasteiger partial charge in [-0.1, -0.05) is 0 Å². The molecule has 0 spiro atoms. The summed E-state index contributed by atoms with van der Waals surface area (Å²) in [5, 5.41) is 8.73. The molecule has 0 bridgehead atoms. The van der Waals surface area contributed by atoms with Crippen LogP contribution in [0.1, 0.15) is 35.3 Å². The number of pyridine rings is 1. The molecule has 1 fully saturated rings. The maximum absolute atomic E-state index is 12.4. The molecule has 1 aromatic heterocycles. The van der Waals surface area contributed by atoms with Crippen LogP contribution < -0.4 is 5.73 Å². The summed E-state index contributed by atoms with van der Waals surface area (Å²) in [7, 11) is 0. The molecule has 3 N–H and O–H groups in total. The van der Waals surface area contributed by atoms with Crippen molar-refractivity contribution in [2.24, 2.45) is 5.73 Å². The van der Waals surface area contributed by atoms with Crippen LogP contribution in [0.3, 0.4) is 0 Å². The molecule has 1 heterocycles. The smallest absolute Gasteiger partial charge is 0.305 e. The van der Waals surface area contributed by atoms with Gasteiger partial charge in [-0.25, -0.2) is 0 Å². The standard InChI is InChI=1S/C13H17N3O3/c14-8-10-7-9(3-5-15-10)13(19)16(11-1-2-11)6-4-12(17)18/h3,5,7,11H,1-2,4,6,8,14H2,(H,17,18). The van der Waals surface area contributed by atoms with Crippen molar-refractivity contribution in [2.45, 2.75) is 31.8 Å². The Bertz CT molecular complexity index is 486. The van der Waals surface area contributed by atoms with Gasteiger partial charge < -0.3 is 15.7 Å². The number of carbonyl (C=O) groups is 2. The zero-order chi connectivity index (χ0) is 13.8. The van der Waals surface area contributed by atoms with E-state index < -0.39 is 5.97 Å². The average Bonchev–Trinajstić information content (AvgIpc) is 3.23. The number of carboxylic acid groups (broad SMARTS) is 1. The second-order valence-electron chi connectivity index (χ2n) is 4.61. The second kappa shape index (κ2) is 5.79. The molecular formula is C13H17N3O3. The van der Waals surface area contributed by atoms with Gasteiger partial charge in [-0.3, -0.25) is 14.6 Å². The molecule has 1 saturated carbocycles. The third-order valence-electron chi connectivity index (χ3n) is 3.09. The Hall–Kier alpha value is -1.95. The SMILES string of the molecule is NCc1cc(C(=O)N(CCC(=O)O)C2CC2)ccn1. The van der Waals surface area contributed by atoms with E-state index in [2.05, 4.69) is 4.98 Å². The fourth-order valence-corrected chi connectivity index (χ4v) is 1.94. The quantitative estimate of drug-likeness (QED) is 0.784. The van der Waals surface area contributed by atoms with E-state index in [1.807, 2.05) is 0 Å². The van der Waals surface area contributed by atoms with E-state index in [0.717, 1.165) is 12.8 Å². The molecule has 0 aliphatic heterocycles. The predicted octanol–water partition coefficient (Wildman–Crippen LogP) is 0.620. The summed E-state index contributed by atoms with van der Waals surface area (Å²) in [5.74, 6) is -1.03. The highest BCUT2D eigenvalue weighted by Crippen LogP contribution is 2.28. The first kappa shape index (κ1) is 13.5. The Labute approximate surface area is 111 Å². The number of hydrogen-bond donors (Lipinski definition) is 2. The van der Waals surface area contributed by atoms with Crippen LogP contribution in [0.2, 0.25) is 0 Å². The molecule has 1 aliphatic carbocycles. The first-order valence-corrected chi connectivity index (χ1v) is 6.29. The highest BCUT2D eigenvalue weighted by Gasteiger charge is 2.33. The number of hydrogen-bond acceptors (Lipinski definition) is 4. The lowest BCUT2D eigenvalue weighted by molar-refractivity contribution is -0.137. The van der Waals surface area contributed by atoms with E-state index in [4.69, 9.17) is 10.8 Å². The maximum atomic E-state index is 12.4. The fraction of sp³-hybridized carbons (Fsp3) is 0.462. The molecule has 2 rings (SSSR count). The summed E-state index contributed by atoms with van der Waals surface area (Å²) in [6, 6.07) is 3.48. The minimum absolute atomic E-state index is 0.0307. The molecular weight excluding hydrogens is 246 g/mol. The summed E-state index contributed by atoms with van der Waals surface area (Å²) in [6.07, 6.45) is 3.41. The summed E-state index contributed by atoms with van der Waals surface area (Å²) >= 11 is 0. The number of carbonyl (C=O) groups excluding carboxylic acids is 1. The van der Waals surface area contributed by atoms with Crippen LogP contribution in [0.4, 0.5) is 0 Å². The Kier molecular flexibility index (Phi) is 4.11. The lowest BCUT2D eigenvalue weighted by atomic mass is 10.2. The summed E-state index contributed by atoms with van der Waals surface area (Å²) in [5.41, 5.74) is 6.67. The molecule has 102 valence electrons. The number of amides is 1. The van der Waals surface area contributed by atoms with Crippen molar-refractivity contribution in [1.82, 2.24) is 9.88 Å². The summed E-state index contributed by atoms with van der Waals surface area (Å²) < 4.78 is 0. The average molecular weight is 263 g/mol. The van der Waals surface area contributed by atoms with E-state index in [9.17, 15) is 9.59 Å². The normalized spacial score (nSPS) is 14.2. The van der Waals surface area contributed by atoms with Gasteiger partial charge in [-0.2, -0.15) is 0 Å².